The molecule has 0 radical (unpaired) electrons. The molecule has 0 saturated carbocycles. The summed E-state index contributed by atoms with van der Waals surface area (Å²) in [6.45, 7) is -0.00413. The highest BCUT2D eigenvalue weighted by atomic mass is 15.2. The number of benzene rings is 8. The molecule has 2 aliphatic rings. The molecule has 0 fully saturated rings. The Hall–Kier alpha value is -6.26. The van der Waals surface area contributed by atoms with Crippen molar-refractivity contribution in [2.24, 2.45) is 7.05 Å². The van der Waals surface area contributed by atoms with Crippen LogP contribution in [0.3, 0.4) is 0 Å². The number of nitrogens with zero attached hydrogens (tertiary/aromatic N) is 3. The topological polar surface area (TPSA) is 13.1 Å². The maximum atomic E-state index is 2.66. The number of aromatic nitrogens is 2. The molecule has 49 heavy (non-hydrogen) atoms. The zero-order valence-corrected chi connectivity index (χ0v) is 26.9. The average Bonchev–Trinajstić information content (AvgIpc) is 3.65. The zero-order valence-electron chi connectivity index (χ0n) is 26.9. The lowest BCUT2D eigenvalue weighted by Gasteiger charge is -2.42. The lowest BCUT2D eigenvalue weighted by molar-refractivity contribution is 1.01. The maximum Gasteiger partial charge on any atom is 0.333 e. The molecule has 0 saturated heterocycles. The minimum Gasteiger partial charge on any atom is -0.375 e. The second kappa shape index (κ2) is 9.00. The van der Waals surface area contributed by atoms with Crippen LogP contribution in [0.2, 0.25) is 0 Å². The van der Waals surface area contributed by atoms with Gasteiger partial charge in [-0.1, -0.05) is 127 Å². The summed E-state index contributed by atoms with van der Waals surface area (Å²) in [5.74, 6) is 0. The van der Waals surface area contributed by atoms with Crippen molar-refractivity contribution in [1.82, 2.24) is 9.05 Å². The molecule has 4 heterocycles. The van der Waals surface area contributed by atoms with Gasteiger partial charge in [-0.2, -0.15) is 0 Å². The number of fused-ring (bicyclic) bond motifs is 14. The van der Waals surface area contributed by atoms with Crippen LogP contribution in [-0.2, 0) is 7.05 Å². The van der Waals surface area contributed by atoms with Gasteiger partial charge in [-0.05, 0) is 51.5 Å². The third-order valence-electron chi connectivity index (χ3n) is 11.4. The smallest absolute Gasteiger partial charge is 0.333 e. The lowest BCUT2D eigenvalue weighted by atomic mass is 9.44. The normalized spacial score (nSPS) is 13.3. The van der Waals surface area contributed by atoms with E-state index in [2.05, 4.69) is 173 Å². The lowest BCUT2D eigenvalue weighted by Crippen LogP contribution is -2.56. The van der Waals surface area contributed by atoms with Gasteiger partial charge in [0.05, 0.1) is 22.6 Å². The molecule has 4 heteroatoms. The fraction of sp³-hybridized carbons (Fsp3) is 0.0222. The molecule has 226 valence electrons. The van der Waals surface area contributed by atoms with Crippen molar-refractivity contribution >= 4 is 100.0 Å². The van der Waals surface area contributed by atoms with E-state index in [9.17, 15) is 0 Å². The van der Waals surface area contributed by atoms with Crippen LogP contribution in [-0.4, -0.2) is 15.9 Å². The minimum absolute atomic E-state index is 0.00413. The molecule has 0 unspecified atom stereocenters. The van der Waals surface area contributed by atoms with E-state index in [0.29, 0.717) is 0 Å². The van der Waals surface area contributed by atoms with Crippen molar-refractivity contribution in [3.05, 3.63) is 152 Å². The van der Waals surface area contributed by atoms with Gasteiger partial charge >= 0.3 is 6.85 Å². The van der Waals surface area contributed by atoms with E-state index in [1.807, 2.05) is 0 Å². The van der Waals surface area contributed by atoms with Crippen molar-refractivity contribution in [2.45, 2.75) is 0 Å². The summed E-state index contributed by atoms with van der Waals surface area (Å²) in [5, 5.41) is 10.2. The second-order valence-corrected chi connectivity index (χ2v) is 13.7. The first-order chi connectivity index (χ1) is 24.3. The third-order valence-corrected chi connectivity index (χ3v) is 11.4. The highest BCUT2D eigenvalue weighted by Crippen LogP contribution is 2.51. The number of hydrogen-bond acceptors (Lipinski definition) is 1. The van der Waals surface area contributed by atoms with E-state index in [-0.39, 0.29) is 6.85 Å². The monoisotopic (exact) mass is 621 g/mol. The molecule has 0 atom stereocenters. The molecule has 0 bridgehead atoms. The highest BCUT2D eigenvalue weighted by molar-refractivity contribution is 6.90. The van der Waals surface area contributed by atoms with Crippen molar-refractivity contribution in [3.63, 3.8) is 0 Å². The Labute approximate surface area is 282 Å². The summed E-state index contributed by atoms with van der Waals surface area (Å²) < 4.78 is 5.10. The van der Waals surface area contributed by atoms with E-state index in [0.717, 1.165) is 0 Å². The summed E-state index contributed by atoms with van der Waals surface area (Å²) in [4.78, 5) is 2.63. The van der Waals surface area contributed by atoms with Gasteiger partial charge in [0, 0.05) is 61.5 Å². The second-order valence-electron chi connectivity index (χ2n) is 13.7. The van der Waals surface area contributed by atoms with Crippen molar-refractivity contribution in [1.29, 1.82) is 0 Å². The largest absolute Gasteiger partial charge is 0.375 e. The van der Waals surface area contributed by atoms with Crippen LogP contribution >= 0.6 is 0 Å². The van der Waals surface area contributed by atoms with Crippen LogP contribution < -0.4 is 15.8 Å². The van der Waals surface area contributed by atoms with Gasteiger partial charge in [0.2, 0.25) is 0 Å². The summed E-state index contributed by atoms with van der Waals surface area (Å²) in [7, 11) is 2.25. The fourth-order valence-electron chi connectivity index (χ4n) is 9.52. The van der Waals surface area contributed by atoms with Crippen LogP contribution in [0.4, 0.5) is 17.1 Å². The molecule has 10 aromatic rings. The molecular formula is C45H28BN3. The number of aryl methyl sites for hydroxylation is 1. The van der Waals surface area contributed by atoms with Gasteiger partial charge < -0.3 is 13.9 Å². The number of anilines is 3. The van der Waals surface area contributed by atoms with Crippen LogP contribution in [0.1, 0.15) is 0 Å². The Balaban J connectivity index is 1.39. The van der Waals surface area contributed by atoms with Gasteiger partial charge in [-0.25, -0.2) is 0 Å². The van der Waals surface area contributed by atoms with Crippen molar-refractivity contribution in [2.75, 3.05) is 4.90 Å². The quantitative estimate of drug-likeness (QED) is 0.166. The standard InChI is InChI=1S/C45H28BN3/c1-47-38-21-8-6-18-32(38)36-26-35-34-20-11-19-33-31-17-7-9-22-40(31)49(42(33)34)46-37-25-24-28-13-3-5-16-30(28)43(37)48(45(41(35)46)44(36)47)39-23-10-14-27-12-2-4-15-29(27)39/h2-26H,1H3. The van der Waals surface area contributed by atoms with Crippen LogP contribution in [0.25, 0.3) is 76.3 Å². The predicted octanol–water partition coefficient (Wildman–Crippen LogP) is 10.2. The molecule has 0 spiro atoms. The molecule has 12 rings (SSSR count). The molecule has 2 aromatic heterocycles. The van der Waals surface area contributed by atoms with E-state index in [1.165, 1.54) is 104 Å². The number of para-hydroxylation sites is 3. The Morgan fingerprint density at radius 3 is 1.92 bits per heavy atom. The first-order valence-corrected chi connectivity index (χ1v) is 17.1. The Bertz CT molecular complexity index is 3090. The first-order valence-electron chi connectivity index (χ1n) is 17.1. The van der Waals surface area contributed by atoms with Crippen molar-refractivity contribution < 1.29 is 0 Å². The van der Waals surface area contributed by atoms with Gasteiger partial charge in [0.1, 0.15) is 0 Å². The average molecular weight is 622 g/mol. The number of rotatable bonds is 1. The molecule has 0 amide bonds. The van der Waals surface area contributed by atoms with Crippen LogP contribution in [0.5, 0.6) is 0 Å². The Kier molecular flexibility index (Phi) is 4.74. The molecule has 2 aliphatic heterocycles. The van der Waals surface area contributed by atoms with Crippen LogP contribution in [0.15, 0.2) is 152 Å². The van der Waals surface area contributed by atoms with E-state index in [4.69, 9.17) is 0 Å². The minimum atomic E-state index is -0.00413. The van der Waals surface area contributed by atoms with Gasteiger partial charge in [-0.15, -0.1) is 0 Å². The molecule has 0 aliphatic carbocycles. The maximum absolute atomic E-state index is 2.66. The molecule has 3 nitrogen and oxygen atoms in total. The van der Waals surface area contributed by atoms with E-state index in [1.54, 1.807) is 0 Å². The highest BCUT2D eigenvalue weighted by Gasteiger charge is 2.45. The summed E-state index contributed by atoms with van der Waals surface area (Å²) in [6.07, 6.45) is 0. The fourth-order valence-corrected chi connectivity index (χ4v) is 9.52. The molecule has 0 N–H and O–H groups in total. The summed E-state index contributed by atoms with van der Waals surface area (Å²) in [5.41, 5.74) is 14.2. The van der Waals surface area contributed by atoms with Gasteiger partial charge in [0.15, 0.2) is 0 Å². The summed E-state index contributed by atoms with van der Waals surface area (Å²) >= 11 is 0. The third kappa shape index (κ3) is 3.06. The van der Waals surface area contributed by atoms with Gasteiger partial charge in [-0.3, -0.25) is 0 Å². The van der Waals surface area contributed by atoms with Crippen LogP contribution in [0, 0.1) is 0 Å². The Morgan fingerprint density at radius 2 is 1.08 bits per heavy atom. The zero-order chi connectivity index (χ0) is 32.0. The van der Waals surface area contributed by atoms with E-state index >= 15 is 0 Å². The molecular weight excluding hydrogens is 593 g/mol. The van der Waals surface area contributed by atoms with Crippen molar-refractivity contribution in [3.8, 4) is 11.1 Å². The predicted molar refractivity (Wildman–Crippen MR) is 209 cm³/mol. The number of hydrogen-bond donors (Lipinski definition) is 0. The summed E-state index contributed by atoms with van der Waals surface area (Å²) in [6, 6.07) is 56.6. The Morgan fingerprint density at radius 1 is 0.449 bits per heavy atom. The molecule has 8 aromatic carbocycles. The SMILES string of the molecule is Cn1c2ccccc2c2cc3c4c(c21)N(c1cccc2ccccc12)c1c(ccc2ccccc12)B4n1c2ccccc2c2cccc-3c21. The van der Waals surface area contributed by atoms with Gasteiger partial charge in [0.25, 0.3) is 0 Å². The van der Waals surface area contributed by atoms with E-state index < -0.39 is 0 Å². The first kappa shape index (κ1) is 25.8.